The zero-order valence-electron chi connectivity index (χ0n) is 11.5. The molecule has 1 saturated carbocycles. The van der Waals surface area contributed by atoms with Crippen LogP contribution in [0.1, 0.15) is 13.3 Å². The molecule has 0 saturated heterocycles. The van der Waals surface area contributed by atoms with Crippen LogP contribution in [-0.2, 0) is 10.0 Å². The summed E-state index contributed by atoms with van der Waals surface area (Å²) in [4.78, 5) is 0.217. The first-order valence-corrected chi connectivity index (χ1v) is 7.70. The molecule has 19 heavy (non-hydrogen) atoms. The molecule has 2 unspecified atom stereocenters. The van der Waals surface area contributed by atoms with E-state index in [-0.39, 0.29) is 4.90 Å². The van der Waals surface area contributed by atoms with Crippen molar-refractivity contribution in [2.24, 2.45) is 11.8 Å². The first kappa shape index (κ1) is 14.1. The summed E-state index contributed by atoms with van der Waals surface area (Å²) >= 11 is 0. The molecule has 0 heterocycles. The van der Waals surface area contributed by atoms with Crippen molar-refractivity contribution in [2.45, 2.75) is 18.2 Å². The first-order chi connectivity index (χ1) is 8.86. The molecule has 1 fully saturated rings. The zero-order chi connectivity index (χ0) is 14.2. The van der Waals surface area contributed by atoms with Gasteiger partial charge in [-0.3, -0.25) is 0 Å². The van der Waals surface area contributed by atoms with Crippen molar-refractivity contribution in [3.05, 3.63) is 18.2 Å². The third kappa shape index (κ3) is 2.84. The average molecular weight is 284 g/mol. The molecule has 1 aliphatic carbocycles. The molecule has 1 aromatic carbocycles. The number of anilines is 1. The SMILES string of the molecule is COc1cc(S(=O)(=O)N(C)CC2CC2C)ccc1N. The van der Waals surface area contributed by atoms with Crippen molar-refractivity contribution < 1.29 is 13.2 Å². The highest BCUT2D eigenvalue weighted by atomic mass is 32.2. The molecule has 5 nitrogen and oxygen atoms in total. The Balaban J connectivity index is 2.23. The van der Waals surface area contributed by atoms with E-state index in [1.54, 1.807) is 13.1 Å². The van der Waals surface area contributed by atoms with E-state index in [1.165, 1.54) is 23.5 Å². The Hall–Kier alpha value is -1.27. The summed E-state index contributed by atoms with van der Waals surface area (Å²) in [7, 11) is -0.385. The molecule has 0 aliphatic heterocycles. The third-order valence-corrected chi connectivity index (χ3v) is 5.50. The number of hydrogen-bond donors (Lipinski definition) is 1. The topological polar surface area (TPSA) is 72.6 Å². The van der Waals surface area contributed by atoms with E-state index in [0.717, 1.165) is 6.42 Å². The van der Waals surface area contributed by atoms with Gasteiger partial charge >= 0.3 is 0 Å². The number of ether oxygens (including phenoxy) is 1. The quantitative estimate of drug-likeness (QED) is 0.833. The normalized spacial score (nSPS) is 22.5. The molecular weight excluding hydrogens is 264 g/mol. The van der Waals surface area contributed by atoms with E-state index >= 15 is 0 Å². The van der Waals surface area contributed by atoms with Crippen LogP contribution in [0.2, 0.25) is 0 Å². The van der Waals surface area contributed by atoms with Crippen LogP contribution in [0.25, 0.3) is 0 Å². The lowest BCUT2D eigenvalue weighted by Gasteiger charge is -2.18. The summed E-state index contributed by atoms with van der Waals surface area (Å²) in [6.45, 7) is 2.70. The lowest BCUT2D eigenvalue weighted by molar-refractivity contribution is 0.414. The van der Waals surface area contributed by atoms with Gasteiger partial charge in [-0.1, -0.05) is 6.92 Å². The number of nitrogen functional groups attached to an aromatic ring is 1. The van der Waals surface area contributed by atoms with E-state index in [1.807, 2.05) is 0 Å². The van der Waals surface area contributed by atoms with Gasteiger partial charge in [0.05, 0.1) is 17.7 Å². The van der Waals surface area contributed by atoms with Gasteiger partial charge in [0.2, 0.25) is 10.0 Å². The summed E-state index contributed by atoms with van der Waals surface area (Å²) in [5.41, 5.74) is 6.13. The van der Waals surface area contributed by atoms with Crippen LogP contribution in [0, 0.1) is 11.8 Å². The Labute approximate surface area is 114 Å². The monoisotopic (exact) mass is 284 g/mol. The molecule has 106 valence electrons. The van der Waals surface area contributed by atoms with Crippen molar-refractivity contribution in [2.75, 3.05) is 26.4 Å². The molecule has 2 N–H and O–H groups in total. The van der Waals surface area contributed by atoms with Gasteiger partial charge < -0.3 is 10.5 Å². The molecule has 1 aliphatic rings. The van der Waals surface area contributed by atoms with Crippen LogP contribution in [0.3, 0.4) is 0 Å². The summed E-state index contributed by atoms with van der Waals surface area (Å²) in [6, 6.07) is 4.54. The molecule has 2 rings (SSSR count). The van der Waals surface area contributed by atoms with Gasteiger partial charge in [0.1, 0.15) is 5.75 Å². The summed E-state index contributed by atoms with van der Waals surface area (Å²) in [5, 5.41) is 0. The number of methoxy groups -OCH3 is 1. The lowest BCUT2D eigenvalue weighted by atomic mass is 10.3. The highest BCUT2D eigenvalue weighted by molar-refractivity contribution is 7.89. The van der Waals surface area contributed by atoms with Crippen LogP contribution >= 0.6 is 0 Å². The second-order valence-corrected chi connectivity index (χ2v) is 7.21. The maximum absolute atomic E-state index is 12.4. The summed E-state index contributed by atoms with van der Waals surface area (Å²) < 4.78 is 31.3. The highest BCUT2D eigenvalue weighted by Gasteiger charge is 2.36. The molecule has 2 atom stereocenters. The van der Waals surface area contributed by atoms with E-state index in [9.17, 15) is 8.42 Å². The predicted molar refractivity (Wildman–Crippen MR) is 74.5 cm³/mol. The Morgan fingerprint density at radius 2 is 2.11 bits per heavy atom. The van der Waals surface area contributed by atoms with E-state index in [4.69, 9.17) is 10.5 Å². The second kappa shape index (κ2) is 5.02. The first-order valence-electron chi connectivity index (χ1n) is 6.26. The minimum absolute atomic E-state index is 0.217. The minimum Gasteiger partial charge on any atom is -0.495 e. The molecule has 0 aromatic heterocycles. The summed E-state index contributed by atoms with van der Waals surface area (Å²) in [6.07, 6.45) is 1.10. The van der Waals surface area contributed by atoms with Crippen molar-refractivity contribution in [3.63, 3.8) is 0 Å². The van der Waals surface area contributed by atoms with Gasteiger partial charge in [-0.05, 0) is 30.4 Å². The Morgan fingerprint density at radius 3 is 2.63 bits per heavy atom. The maximum Gasteiger partial charge on any atom is 0.242 e. The molecule has 0 radical (unpaired) electrons. The van der Waals surface area contributed by atoms with Gasteiger partial charge in [0.25, 0.3) is 0 Å². The third-order valence-electron chi connectivity index (χ3n) is 3.68. The van der Waals surface area contributed by atoms with Gasteiger partial charge in [0, 0.05) is 19.7 Å². The largest absolute Gasteiger partial charge is 0.495 e. The van der Waals surface area contributed by atoms with Crippen molar-refractivity contribution >= 4 is 15.7 Å². The predicted octanol–water partition coefficient (Wildman–Crippen LogP) is 1.55. The Kier molecular flexibility index (Phi) is 3.73. The number of rotatable bonds is 5. The maximum atomic E-state index is 12.4. The number of nitrogens with two attached hydrogens (primary N) is 1. The molecule has 1 aromatic rings. The molecule has 0 amide bonds. The van der Waals surface area contributed by atoms with Crippen LogP contribution in [0.4, 0.5) is 5.69 Å². The van der Waals surface area contributed by atoms with Crippen LogP contribution in [0.15, 0.2) is 23.1 Å². The molecule has 0 bridgehead atoms. The number of nitrogens with zero attached hydrogens (tertiary/aromatic N) is 1. The van der Waals surface area contributed by atoms with Crippen molar-refractivity contribution in [3.8, 4) is 5.75 Å². The fraction of sp³-hybridized carbons (Fsp3) is 0.538. The van der Waals surface area contributed by atoms with Crippen LogP contribution in [0.5, 0.6) is 5.75 Å². The molecular formula is C13H20N2O3S. The highest BCUT2D eigenvalue weighted by Crippen LogP contribution is 2.39. The smallest absolute Gasteiger partial charge is 0.242 e. The van der Waals surface area contributed by atoms with Gasteiger partial charge in [0.15, 0.2) is 0 Å². The lowest BCUT2D eigenvalue weighted by Crippen LogP contribution is -2.29. The Morgan fingerprint density at radius 1 is 1.47 bits per heavy atom. The fourth-order valence-corrected chi connectivity index (χ4v) is 3.36. The van der Waals surface area contributed by atoms with Crippen LogP contribution in [-0.4, -0.2) is 33.4 Å². The zero-order valence-corrected chi connectivity index (χ0v) is 12.3. The van der Waals surface area contributed by atoms with Crippen molar-refractivity contribution in [1.82, 2.24) is 4.31 Å². The summed E-state index contributed by atoms with van der Waals surface area (Å²) in [5.74, 6) is 1.49. The molecule has 6 heteroatoms. The minimum atomic E-state index is -3.47. The Bertz CT molecular complexity index is 571. The molecule has 0 spiro atoms. The van der Waals surface area contributed by atoms with Crippen LogP contribution < -0.4 is 10.5 Å². The van der Waals surface area contributed by atoms with E-state index in [0.29, 0.717) is 29.8 Å². The van der Waals surface area contributed by atoms with Gasteiger partial charge in [-0.25, -0.2) is 12.7 Å². The number of benzene rings is 1. The van der Waals surface area contributed by atoms with Crippen molar-refractivity contribution in [1.29, 1.82) is 0 Å². The standard InChI is InChI=1S/C13H20N2O3S/c1-9-6-10(9)8-15(2)19(16,17)11-4-5-12(14)13(7-11)18-3/h4-5,7,9-10H,6,8,14H2,1-3H3. The average Bonchev–Trinajstić information content (AvgIpc) is 3.05. The number of hydrogen-bond acceptors (Lipinski definition) is 4. The second-order valence-electron chi connectivity index (χ2n) is 5.16. The van der Waals surface area contributed by atoms with Gasteiger partial charge in [-0.2, -0.15) is 0 Å². The van der Waals surface area contributed by atoms with E-state index in [2.05, 4.69) is 6.92 Å². The number of sulfonamides is 1. The van der Waals surface area contributed by atoms with Gasteiger partial charge in [-0.15, -0.1) is 0 Å². The van der Waals surface area contributed by atoms with E-state index < -0.39 is 10.0 Å². The fourth-order valence-electron chi connectivity index (χ4n) is 2.11.